The molecule has 0 bridgehead atoms. The SMILES string of the molecule is C=CC(C)(C)C(=O)N(O)Cc1ccccc1Cl. The monoisotopic (exact) mass is 253 g/mol. The smallest absolute Gasteiger partial charge is 0.255 e. The Morgan fingerprint density at radius 3 is 2.65 bits per heavy atom. The van der Waals surface area contributed by atoms with Crippen LogP contribution in [-0.2, 0) is 11.3 Å². The lowest BCUT2D eigenvalue weighted by Gasteiger charge is -2.25. The summed E-state index contributed by atoms with van der Waals surface area (Å²) in [6.45, 7) is 7.03. The number of rotatable bonds is 4. The van der Waals surface area contributed by atoms with Gasteiger partial charge in [0.25, 0.3) is 5.91 Å². The molecule has 1 aromatic rings. The van der Waals surface area contributed by atoms with Gasteiger partial charge in [-0.05, 0) is 25.5 Å². The van der Waals surface area contributed by atoms with Gasteiger partial charge in [0.15, 0.2) is 0 Å². The van der Waals surface area contributed by atoms with Crippen LogP contribution in [0.4, 0.5) is 0 Å². The van der Waals surface area contributed by atoms with Crippen molar-refractivity contribution in [3.63, 3.8) is 0 Å². The van der Waals surface area contributed by atoms with E-state index in [1.807, 2.05) is 0 Å². The Bertz CT molecular complexity index is 429. The van der Waals surface area contributed by atoms with Gasteiger partial charge in [-0.1, -0.05) is 35.9 Å². The van der Waals surface area contributed by atoms with Gasteiger partial charge < -0.3 is 0 Å². The normalized spacial score (nSPS) is 11.1. The number of carbonyl (C=O) groups is 1. The van der Waals surface area contributed by atoms with Crippen LogP contribution in [0.15, 0.2) is 36.9 Å². The summed E-state index contributed by atoms with van der Waals surface area (Å²) in [5.74, 6) is -0.410. The molecule has 3 nitrogen and oxygen atoms in total. The molecule has 0 spiro atoms. The maximum Gasteiger partial charge on any atom is 0.255 e. The molecule has 92 valence electrons. The first-order valence-electron chi connectivity index (χ1n) is 5.26. The number of amides is 1. The molecule has 0 aliphatic rings. The number of benzene rings is 1. The van der Waals surface area contributed by atoms with Crippen molar-refractivity contribution >= 4 is 17.5 Å². The third-order valence-electron chi connectivity index (χ3n) is 2.57. The summed E-state index contributed by atoms with van der Waals surface area (Å²) in [4.78, 5) is 11.9. The van der Waals surface area contributed by atoms with Crippen LogP contribution in [0.1, 0.15) is 19.4 Å². The topological polar surface area (TPSA) is 40.5 Å². The number of hydrogen-bond donors (Lipinski definition) is 1. The Morgan fingerprint density at radius 2 is 2.12 bits per heavy atom. The Morgan fingerprint density at radius 1 is 1.53 bits per heavy atom. The van der Waals surface area contributed by atoms with Crippen LogP contribution < -0.4 is 0 Å². The van der Waals surface area contributed by atoms with Gasteiger partial charge in [0.05, 0.1) is 12.0 Å². The summed E-state index contributed by atoms with van der Waals surface area (Å²) >= 11 is 5.95. The molecular weight excluding hydrogens is 238 g/mol. The number of hydroxylamine groups is 2. The second kappa shape index (κ2) is 5.34. The lowest BCUT2D eigenvalue weighted by Crippen LogP contribution is -2.37. The zero-order valence-electron chi connectivity index (χ0n) is 9.98. The summed E-state index contributed by atoms with van der Waals surface area (Å²) in [6.07, 6.45) is 1.51. The molecule has 17 heavy (non-hydrogen) atoms. The van der Waals surface area contributed by atoms with Crippen molar-refractivity contribution in [3.05, 3.63) is 47.5 Å². The molecule has 1 N–H and O–H groups in total. The van der Waals surface area contributed by atoms with Crippen LogP contribution in [-0.4, -0.2) is 16.2 Å². The fraction of sp³-hybridized carbons (Fsp3) is 0.308. The van der Waals surface area contributed by atoms with E-state index in [0.29, 0.717) is 15.6 Å². The zero-order chi connectivity index (χ0) is 13.1. The highest BCUT2D eigenvalue weighted by molar-refractivity contribution is 6.31. The second-order valence-electron chi connectivity index (χ2n) is 4.38. The van der Waals surface area contributed by atoms with E-state index in [2.05, 4.69) is 6.58 Å². The van der Waals surface area contributed by atoms with Crippen molar-refractivity contribution in [2.24, 2.45) is 5.41 Å². The second-order valence-corrected chi connectivity index (χ2v) is 4.79. The van der Waals surface area contributed by atoms with Gasteiger partial charge in [-0.25, -0.2) is 5.06 Å². The standard InChI is InChI=1S/C13H16ClNO2/c1-4-13(2,3)12(16)15(17)9-10-7-5-6-8-11(10)14/h4-8,17H,1,9H2,2-3H3. The van der Waals surface area contributed by atoms with E-state index < -0.39 is 11.3 Å². The van der Waals surface area contributed by atoms with Gasteiger partial charge in [-0.2, -0.15) is 0 Å². The third kappa shape index (κ3) is 3.32. The van der Waals surface area contributed by atoms with Crippen molar-refractivity contribution < 1.29 is 10.0 Å². The largest absolute Gasteiger partial charge is 0.286 e. The van der Waals surface area contributed by atoms with Crippen molar-refractivity contribution in [2.45, 2.75) is 20.4 Å². The fourth-order valence-electron chi connectivity index (χ4n) is 1.28. The number of hydrogen-bond acceptors (Lipinski definition) is 2. The summed E-state index contributed by atoms with van der Waals surface area (Å²) in [7, 11) is 0. The van der Waals surface area contributed by atoms with Gasteiger partial charge in [0.1, 0.15) is 0 Å². The van der Waals surface area contributed by atoms with Crippen LogP contribution in [0.25, 0.3) is 0 Å². The minimum Gasteiger partial charge on any atom is -0.286 e. The van der Waals surface area contributed by atoms with Crippen LogP contribution in [0.3, 0.4) is 0 Å². The third-order valence-corrected chi connectivity index (χ3v) is 2.94. The molecule has 0 saturated carbocycles. The fourth-order valence-corrected chi connectivity index (χ4v) is 1.48. The zero-order valence-corrected chi connectivity index (χ0v) is 10.7. The van der Waals surface area contributed by atoms with Crippen molar-refractivity contribution in [3.8, 4) is 0 Å². The minimum atomic E-state index is -0.796. The van der Waals surface area contributed by atoms with E-state index in [0.717, 1.165) is 0 Å². The van der Waals surface area contributed by atoms with Crippen molar-refractivity contribution in [2.75, 3.05) is 0 Å². The molecule has 0 radical (unpaired) electrons. The molecule has 0 unspecified atom stereocenters. The van der Waals surface area contributed by atoms with Gasteiger partial charge in [-0.15, -0.1) is 6.58 Å². The van der Waals surface area contributed by atoms with Gasteiger partial charge in [0, 0.05) is 5.02 Å². The molecule has 1 aromatic carbocycles. The summed E-state index contributed by atoms with van der Waals surface area (Å²) in [6, 6.07) is 7.08. The number of halogens is 1. The van der Waals surface area contributed by atoms with Crippen molar-refractivity contribution in [1.82, 2.24) is 5.06 Å². The van der Waals surface area contributed by atoms with E-state index in [1.54, 1.807) is 38.1 Å². The van der Waals surface area contributed by atoms with E-state index in [1.165, 1.54) is 6.08 Å². The average molecular weight is 254 g/mol. The number of carbonyl (C=O) groups excluding carboxylic acids is 1. The molecular formula is C13H16ClNO2. The average Bonchev–Trinajstić information content (AvgIpc) is 2.31. The predicted octanol–water partition coefficient (Wildman–Crippen LogP) is 3.27. The first kappa shape index (κ1) is 13.7. The molecule has 0 aliphatic carbocycles. The first-order valence-corrected chi connectivity index (χ1v) is 5.64. The summed E-state index contributed by atoms with van der Waals surface area (Å²) in [5.41, 5.74) is -0.0967. The minimum absolute atomic E-state index is 0.0653. The molecule has 0 aliphatic heterocycles. The Kier molecular flexibility index (Phi) is 4.32. The van der Waals surface area contributed by atoms with E-state index in [-0.39, 0.29) is 6.54 Å². The maximum absolute atomic E-state index is 11.9. The Hall–Kier alpha value is -1.32. The predicted molar refractivity (Wildman–Crippen MR) is 67.8 cm³/mol. The molecule has 0 heterocycles. The summed E-state index contributed by atoms with van der Waals surface area (Å²) in [5, 5.41) is 10.9. The van der Waals surface area contributed by atoms with Crippen LogP contribution in [0.5, 0.6) is 0 Å². The van der Waals surface area contributed by atoms with Crippen LogP contribution >= 0.6 is 11.6 Å². The lowest BCUT2D eigenvalue weighted by molar-refractivity contribution is -0.175. The number of nitrogens with zero attached hydrogens (tertiary/aromatic N) is 1. The quantitative estimate of drug-likeness (QED) is 0.508. The van der Waals surface area contributed by atoms with E-state index in [9.17, 15) is 10.0 Å². The van der Waals surface area contributed by atoms with E-state index in [4.69, 9.17) is 11.6 Å². The van der Waals surface area contributed by atoms with Crippen molar-refractivity contribution in [1.29, 1.82) is 0 Å². The highest BCUT2D eigenvalue weighted by Gasteiger charge is 2.28. The summed E-state index contributed by atoms with van der Waals surface area (Å²) < 4.78 is 0. The molecule has 0 atom stereocenters. The molecule has 0 fully saturated rings. The molecule has 1 rings (SSSR count). The molecule has 0 saturated heterocycles. The molecule has 1 amide bonds. The van der Waals surface area contributed by atoms with E-state index >= 15 is 0 Å². The lowest BCUT2D eigenvalue weighted by atomic mass is 9.92. The Labute approximate surface area is 106 Å². The molecule has 0 aromatic heterocycles. The molecule has 4 heteroatoms. The van der Waals surface area contributed by atoms with Gasteiger partial charge in [0.2, 0.25) is 0 Å². The van der Waals surface area contributed by atoms with Crippen LogP contribution in [0.2, 0.25) is 5.02 Å². The Balaban J connectivity index is 2.80. The highest BCUT2D eigenvalue weighted by atomic mass is 35.5. The van der Waals surface area contributed by atoms with Gasteiger partial charge >= 0.3 is 0 Å². The van der Waals surface area contributed by atoms with Crippen LogP contribution in [0, 0.1) is 5.41 Å². The van der Waals surface area contributed by atoms with Gasteiger partial charge in [-0.3, -0.25) is 10.0 Å². The first-order chi connectivity index (χ1) is 7.88. The highest BCUT2D eigenvalue weighted by Crippen LogP contribution is 2.22. The maximum atomic E-state index is 11.9.